The Bertz CT molecular complexity index is 885. The molecule has 4 rings (SSSR count). The average molecular weight is 408 g/mol. The molecular weight excluding hydrogens is 386 g/mol. The third-order valence-corrected chi connectivity index (χ3v) is 5.45. The molecule has 3 heterocycles. The zero-order valence-corrected chi connectivity index (χ0v) is 16.7. The third-order valence-electron chi connectivity index (χ3n) is 4.45. The summed E-state index contributed by atoms with van der Waals surface area (Å²) in [4.78, 5) is 9.00. The van der Waals surface area contributed by atoms with Crippen LogP contribution in [0.5, 0.6) is 5.75 Å². The molecule has 0 spiro atoms. The molecule has 0 unspecified atom stereocenters. The molecule has 144 valence electrons. The number of methoxy groups -OCH3 is 1. The van der Waals surface area contributed by atoms with Crippen molar-refractivity contribution in [3.63, 3.8) is 0 Å². The molecule has 0 aromatic carbocycles. The molecule has 1 aliphatic rings. The Morgan fingerprint density at radius 3 is 2.81 bits per heavy atom. The molecule has 0 aliphatic heterocycles. The van der Waals surface area contributed by atoms with Crippen molar-refractivity contribution < 1.29 is 9.47 Å². The summed E-state index contributed by atoms with van der Waals surface area (Å²) in [6.07, 6.45) is 6.73. The maximum atomic E-state index is 5.60. The molecule has 0 saturated heterocycles. The van der Waals surface area contributed by atoms with Crippen LogP contribution in [0.2, 0.25) is 0 Å². The number of nitrogens with zero attached hydrogens (tertiary/aromatic N) is 4. The van der Waals surface area contributed by atoms with E-state index in [-0.39, 0.29) is 12.4 Å². The summed E-state index contributed by atoms with van der Waals surface area (Å²) in [5.41, 5.74) is 1.59. The van der Waals surface area contributed by atoms with Gasteiger partial charge in [0.2, 0.25) is 5.13 Å². The van der Waals surface area contributed by atoms with E-state index >= 15 is 0 Å². The average Bonchev–Trinajstić information content (AvgIpc) is 3.33. The van der Waals surface area contributed by atoms with Crippen molar-refractivity contribution in [2.24, 2.45) is 0 Å². The van der Waals surface area contributed by atoms with Crippen LogP contribution in [0.1, 0.15) is 36.6 Å². The Hall–Kier alpha value is -2.03. The van der Waals surface area contributed by atoms with Crippen molar-refractivity contribution in [1.82, 2.24) is 20.2 Å². The van der Waals surface area contributed by atoms with E-state index in [1.54, 1.807) is 24.6 Å². The van der Waals surface area contributed by atoms with Gasteiger partial charge >= 0.3 is 0 Å². The quantitative estimate of drug-likeness (QED) is 0.583. The first-order valence-electron chi connectivity index (χ1n) is 8.81. The zero-order chi connectivity index (χ0) is 17.8. The summed E-state index contributed by atoms with van der Waals surface area (Å²) in [5, 5.41) is 13.8. The minimum absolute atomic E-state index is 0. The highest BCUT2D eigenvalue weighted by Crippen LogP contribution is 2.36. The molecule has 27 heavy (non-hydrogen) atoms. The van der Waals surface area contributed by atoms with Gasteiger partial charge in [-0.15, -0.1) is 22.6 Å². The van der Waals surface area contributed by atoms with E-state index in [1.165, 1.54) is 25.7 Å². The molecular formula is C18H22ClN5O2S. The highest BCUT2D eigenvalue weighted by Gasteiger charge is 2.21. The van der Waals surface area contributed by atoms with E-state index in [9.17, 15) is 0 Å². The number of ether oxygens (including phenoxy) is 2. The number of anilines is 2. The highest BCUT2D eigenvalue weighted by atomic mass is 35.5. The number of pyridine rings is 2. The smallest absolute Gasteiger partial charge is 0.211 e. The molecule has 7 nitrogen and oxygen atoms in total. The number of hydrogen-bond donors (Lipinski definition) is 1. The Kier molecular flexibility index (Phi) is 6.76. The maximum absolute atomic E-state index is 5.60. The SMILES string of the molecule is COCCOc1cnc2ccc(Nc3nnc(C4CCCC4)s3)nc2c1.Cl. The number of hydrogen-bond acceptors (Lipinski definition) is 8. The predicted molar refractivity (Wildman–Crippen MR) is 109 cm³/mol. The maximum Gasteiger partial charge on any atom is 0.211 e. The summed E-state index contributed by atoms with van der Waals surface area (Å²) in [6.45, 7) is 1.02. The lowest BCUT2D eigenvalue weighted by atomic mass is 10.1. The van der Waals surface area contributed by atoms with E-state index < -0.39 is 0 Å². The first-order valence-corrected chi connectivity index (χ1v) is 9.62. The first kappa shape index (κ1) is 19.7. The Labute approximate surface area is 168 Å². The normalized spacial score (nSPS) is 14.3. The van der Waals surface area contributed by atoms with Crippen LogP contribution in [0.3, 0.4) is 0 Å². The third kappa shape index (κ3) is 4.82. The Morgan fingerprint density at radius 1 is 1.15 bits per heavy atom. The second-order valence-corrected chi connectivity index (χ2v) is 7.31. The van der Waals surface area contributed by atoms with Crippen molar-refractivity contribution >= 4 is 45.7 Å². The minimum Gasteiger partial charge on any atom is -0.489 e. The van der Waals surface area contributed by atoms with Crippen molar-refractivity contribution in [2.45, 2.75) is 31.6 Å². The minimum atomic E-state index is 0. The second kappa shape index (κ2) is 9.25. The van der Waals surface area contributed by atoms with Gasteiger partial charge in [0.05, 0.1) is 23.8 Å². The molecule has 9 heteroatoms. The molecule has 0 radical (unpaired) electrons. The fraction of sp³-hybridized carbons (Fsp3) is 0.444. The van der Waals surface area contributed by atoms with Gasteiger partial charge in [-0.1, -0.05) is 24.2 Å². The Morgan fingerprint density at radius 2 is 2.00 bits per heavy atom. The number of fused-ring (bicyclic) bond motifs is 1. The zero-order valence-electron chi connectivity index (χ0n) is 15.1. The number of rotatable bonds is 7. The van der Waals surface area contributed by atoms with Crippen LogP contribution in [0.25, 0.3) is 11.0 Å². The van der Waals surface area contributed by atoms with Crippen LogP contribution < -0.4 is 10.1 Å². The van der Waals surface area contributed by atoms with Crippen LogP contribution >= 0.6 is 23.7 Å². The van der Waals surface area contributed by atoms with Crippen LogP contribution in [0, 0.1) is 0 Å². The lowest BCUT2D eigenvalue weighted by Gasteiger charge is -2.07. The van der Waals surface area contributed by atoms with Crippen LogP contribution in [-0.4, -0.2) is 40.5 Å². The van der Waals surface area contributed by atoms with E-state index in [2.05, 4.69) is 25.5 Å². The van der Waals surface area contributed by atoms with Gasteiger partial charge in [-0.05, 0) is 25.0 Å². The molecule has 1 saturated carbocycles. The van der Waals surface area contributed by atoms with Crippen molar-refractivity contribution in [3.8, 4) is 5.75 Å². The second-order valence-electron chi connectivity index (χ2n) is 6.30. The fourth-order valence-corrected chi connectivity index (χ4v) is 4.03. The number of aromatic nitrogens is 4. The van der Waals surface area contributed by atoms with Gasteiger partial charge in [0, 0.05) is 19.1 Å². The van der Waals surface area contributed by atoms with Gasteiger partial charge < -0.3 is 14.8 Å². The largest absolute Gasteiger partial charge is 0.489 e. The van der Waals surface area contributed by atoms with E-state index in [0.29, 0.717) is 24.9 Å². The van der Waals surface area contributed by atoms with Crippen LogP contribution in [-0.2, 0) is 4.74 Å². The van der Waals surface area contributed by atoms with Gasteiger partial charge in [0.25, 0.3) is 0 Å². The fourth-order valence-electron chi connectivity index (χ4n) is 3.11. The summed E-state index contributed by atoms with van der Waals surface area (Å²) in [7, 11) is 1.65. The van der Waals surface area contributed by atoms with Gasteiger partial charge in [-0.2, -0.15) is 0 Å². The summed E-state index contributed by atoms with van der Waals surface area (Å²) in [6, 6.07) is 5.72. The highest BCUT2D eigenvalue weighted by molar-refractivity contribution is 7.15. The van der Waals surface area contributed by atoms with Crippen molar-refractivity contribution in [2.75, 3.05) is 25.6 Å². The molecule has 0 amide bonds. The van der Waals surface area contributed by atoms with Crippen molar-refractivity contribution in [3.05, 3.63) is 29.4 Å². The number of halogens is 1. The lowest BCUT2D eigenvalue weighted by molar-refractivity contribution is 0.146. The Balaban J connectivity index is 0.00000210. The van der Waals surface area contributed by atoms with Gasteiger partial charge in [0.15, 0.2) is 0 Å². The molecule has 0 atom stereocenters. The summed E-state index contributed by atoms with van der Waals surface area (Å²) >= 11 is 1.62. The topological polar surface area (TPSA) is 82.0 Å². The molecule has 3 aromatic rings. The molecule has 0 bridgehead atoms. The predicted octanol–water partition coefficient (Wildman–Crippen LogP) is 4.33. The molecule has 1 N–H and O–H groups in total. The van der Waals surface area contributed by atoms with Crippen LogP contribution in [0.4, 0.5) is 10.9 Å². The van der Waals surface area contributed by atoms with Crippen molar-refractivity contribution in [1.29, 1.82) is 0 Å². The molecule has 1 aliphatic carbocycles. The van der Waals surface area contributed by atoms with Crippen LogP contribution in [0.15, 0.2) is 24.4 Å². The van der Waals surface area contributed by atoms with E-state index in [1.807, 2.05) is 18.2 Å². The van der Waals surface area contributed by atoms with Gasteiger partial charge in [-0.3, -0.25) is 4.98 Å². The summed E-state index contributed by atoms with van der Waals surface area (Å²) in [5.74, 6) is 1.98. The van der Waals surface area contributed by atoms with Gasteiger partial charge in [0.1, 0.15) is 23.2 Å². The van der Waals surface area contributed by atoms with E-state index in [4.69, 9.17) is 9.47 Å². The molecule has 1 fully saturated rings. The van der Waals surface area contributed by atoms with Gasteiger partial charge in [-0.25, -0.2) is 4.98 Å². The lowest BCUT2D eigenvalue weighted by Crippen LogP contribution is -2.04. The monoisotopic (exact) mass is 407 g/mol. The summed E-state index contributed by atoms with van der Waals surface area (Å²) < 4.78 is 10.6. The number of nitrogens with one attached hydrogen (secondary N) is 1. The standard InChI is InChI=1S/C18H21N5O2S.ClH/c1-24-8-9-25-13-10-15-14(19-11-13)6-7-16(20-15)21-18-23-22-17(26-18)12-4-2-3-5-12;/h6-7,10-12H,2-5,8-9H2,1H3,(H,20,21,23);1H. The first-order chi connectivity index (χ1) is 12.8. The molecule has 3 aromatic heterocycles. The van der Waals surface area contributed by atoms with E-state index in [0.717, 1.165) is 27.0 Å².